The van der Waals surface area contributed by atoms with Gasteiger partial charge in [-0.05, 0) is 61.6 Å². The van der Waals surface area contributed by atoms with Crippen LogP contribution in [0.2, 0.25) is 0 Å². The van der Waals surface area contributed by atoms with E-state index in [1.54, 1.807) is 6.07 Å². The van der Waals surface area contributed by atoms with E-state index in [1.165, 1.54) is 30.5 Å². The highest BCUT2D eigenvalue weighted by Crippen LogP contribution is 2.30. The first-order valence-electron chi connectivity index (χ1n) is 9.32. The fourth-order valence-electron chi connectivity index (χ4n) is 3.62. The second-order valence-corrected chi connectivity index (χ2v) is 9.26. The number of carboxylic acid groups (broad SMARTS) is 1. The molecule has 7 heteroatoms. The van der Waals surface area contributed by atoms with Crippen LogP contribution in [-0.4, -0.2) is 50.0 Å². The first-order valence-corrected chi connectivity index (χ1v) is 11.2. The van der Waals surface area contributed by atoms with E-state index in [2.05, 4.69) is 28.7 Å². The third kappa shape index (κ3) is 4.91. The van der Waals surface area contributed by atoms with Crippen LogP contribution in [0.15, 0.2) is 47.4 Å². The lowest BCUT2D eigenvalue weighted by Crippen LogP contribution is -2.28. The summed E-state index contributed by atoms with van der Waals surface area (Å²) in [7, 11) is -3.63. The van der Waals surface area contributed by atoms with Gasteiger partial charge in [-0.15, -0.1) is 0 Å². The van der Waals surface area contributed by atoms with Gasteiger partial charge in [0.25, 0.3) is 0 Å². The molecule has 1 aliphatic rings. The van der Waals surface area contributed by atoms with Crippen LogP contribution in [0.1, 0.15) is 25.3 Å². The molecule has 2 aromatic carbocycles. The summed E-state index contributed by atoms with van der Waals surface area (Å²) in [5.41, 5.74) is 2.79. The molecule has 1 unspecified atom stereocenters. The number of benzene rings is 2. The second kappa shape index (κ2) is 8.32. The summed E-state index contributed by atoms with van der Waals surface area (Å²) >= 11 is 0. The molecule has 150 valence electrons. The molecule has 0 bridgehead atoms. The fraction of sp³-hybridized carbons (Fsp3) is 0.381. The smallest absolute Gasteiger partial charge is 0.449 e. The number of ether oxygens (including phenoxy) is 1. The van der Waals surface area contributed by atoms with Crippen molar-refractivity contribution in [2.24, 2.45) is 0 Å². The van der Waals surface area contributed by atoms with Crippen LogP contribution < -0.4 is 4.74 Å². The van der Waals surface area contributed by atoms with E-state index >= 15 is 0 Å². The first kappa shape index (κ1) is 20.4. The number of likely N-dealkylation sites (tertiary alicyclic amines) is 1. The maximum atomic E-state index is 12.0. The number of carbonyl (C=O) groups is 1. The lowest BCUT2D eigenvalue weighted by molar-refractivity contribution is 0.143. The number of sulfone groups is 1. The second-order valence-electron chi connectivity index (χ2n) is 7.28. The Morgan fingerprint density at radius 3 is 2.43 bits per heavy atom. The molecule has 1 aliphatic heterocycles. The molecule has 1 N–H and O–H groups in total. The van der Waals surface area contributed by atoms with Crippen LogP contribution >= 0.6 is 0 Å². The highest BCUT2D eigenvalue weighted by Gasteiger charge is 2.20. The molecule has 1 atom stereocenters. The number of hydrogen-bond donors (Lipinski definition) is 1. The summed E-state index contributed by atoms with van der Waals surface area (Å²) in [5.74, 6) is -0.185. The molecule has 2 aromatic rings. The van der Waals surface area contributed by atoms with Gasteiger partial charge in [0.2, 0.25) is 0 Å². The Hall–Kier alpha value is -2.38. The van der Waals surface area contributed by atoms with Gasteiger partial charge in [-0.25, -0.2) is 13.2 Å². The Balaban J connectivity index is 1.78. The molecule has 1 fully saturated rings. The van der Waals surface area contributed by atoms with Crippen LogP contribution in [0.3, 0.4) is 0 Å². The lowest BCUT2D eigenvalue weighted by Gasteiger charge is -2.20. The third-order valence-electron chi connectivity index (χ3n) is 5.21. The Morgan fingerprint density at radius 2 is 1.86 bits per heavy atom. The van der Waals surface area contributed by atoms with Gasteiger partial charge in [0.15, 0.2) is 15.6 Å². The fourth-order valence-corrected chi connectivity index (χ4v) is 4.43. The minimum absolute atomic E-state index is 0.139. The number of nitrogens with zero attached hydrogens (tertiary/aromatic N) is 1. The molecular formula is C21H25NO5S. The van der Waals surface area contributed by atoms with Gasteiger partial charge in [0, 0.05) is 18.8 Å². The monoisotopic (exact) mass is 403 g/mol. The lowest BCUT2D eigenvalue weighted by atomic mass is 10.0. The zero-order chi connectivity index (χ0) is 20.3. The summed E-state index contributed by atoms with van der Waals surface area (Å²) in [5, 5.41) is 8.80. The molecule has 3 rings (SSSR count). The molecule has 6 nitrogen and oxygen atoms in total. The standard InChI is InChI=1S/C21H25NO5S/c1-15-4-3-12-22(15)13-11-16-5-7-17(8-6-16)18-9-10-19(27-21(23)24)20(14-18)28(2,25)26/h5-10,14-15H,3-4,11-13H2,1-2H3,(H,23,24). The predicted molar refractivity (Wildman–Crippen MR) is 108 cm³/mol. The largest absolute Gasteiger partial charge is 0.511 e. The van der Waals surface area contributed by atoms with Crippen molar-refractivity contribution in [3.05, 3.63) is 48.0 Å². The highest BCUT2D eigenvalue weighted by atomic mass is 32.2. The zero-order valence-electron chi connectivity index (χ0n) is 16.1. The van der Waals surface area contributed by atoms with Gasteiger partial charge in [0.05, 0.1) is 0 Å². The van der Waals surface area contributed by atoms with E-state index in [0.29, 0.717) is 11.6 Å². The SMILES string of the molecule is CC1CCCN1CCc1ccc(-c2ccc(OC(=O)O)c(S(C)(=O)=O)c2)cc1. The Labute approximate surface area is 165 Å². The average Bonchev–Trinajstić information content (AvgIpc) is 3.04. The summed E-state index contributed by atoms with van der Waals surface area (Å²) < 4.78 is 28.7. The van der Waals surface area contributed by atoms with E-state index in [0.717, 1.165) is 31.3 Å². The average molecular weight is 404 g/mol. The van der Waals surface area contributed by atoms with Gasteiger partial charge in [0.1, 0.15) is 4.90 Å². The van der Waals surface area contributed by atoms with Crippen molar-refractivity contribution in [2.75, 3.05) is 19.3 Å². The summed E-state index contributed by atoms with van der Waals surface area (Å²) in [6.45, 7) is 4.48. The van der Waals surface area contributed by atoms with Crippen molar-refractivity contribution in [3.8, 4) is 16.9 Å². The van der Waals surface area contributed by atoms with Crippen molar-refractivity contribution >= 4 is 16.0 Å². The molecular weight excluding hydrogens is 378 g/mol. The van der Waals surface area contributed by atoms with Gasteiger partial charge in [-0.3, -0.25) is 0 Å². The van der Waals surface area contributed by atoms with E-state index in [-0.39, 0.29) is 10.6 Å². The van der Waals surface area contributed by atoms with Crippen LogP contribution in [0, 0.1) is 0 Å². The van der Waals surface area contributed by atoms with E-state index in [9.17, 15) is 13.2 Å². The van der Waals surface area contributed by atoms with Crippen LogP contribution in [0.25, 0.3) is 11.1 Å². The van der Waals surface area contributed by atoms with Crippen molar-refractivity contribution in [2.45, 2.75) is 37.1 Å². The van der Waals surface area contributed by atoms with E-state index in [1.807, 2.05) is 12.1 Å². The normalized spacial score (nSPS) is 17.6. The Morgan fingerprint density at radius 1 is 1.18 bits per heavy atom. The maximum Gasteiger partial charge on any atom is 0.511 e. The van der Waals surface area contributed by atoms with Crippen molar-refractivity contribution in [3.63, 3.8) is 0 Å². The third-order valence-corrected chi connectivity index (χ3v) is 6.32. The molecule has 1 heterocycles. The highest BCUT2D eigenvalue weighted by molar-refractivity contribution is 7.90. The molecule has 0 aliphatic carbocycles. The van der Waals surface area contributed by atoms with Gasteiger partial charge < -0.3 is 14.7 Å². The van der Waals surface area contributed by atoms with Crippen LogP contribution in [0.5, 0.6) is 5.75 Å². The van der Waals surface area contributed by atoms with E-state index < -0.39 is 16.0 Å². The molecule has 28 heavy (non-hydrogen) atoms. The topological polar surface area (TPSA) is 83.9 Å². The van der Waals surface area contributed by atoms with Crippen molar-refractivity contribution < 1.29 is 23.1 Å². The zero-order valence-corrected chi connectivity index (χ0v) is 16.9. The molecule has 0 amide bonds. The van der Waals surface area contributed by atoms with Crippen molar-refractivity contribution in [1.29, 1.82) is 0 Å². The molecule has 0 saturated carbocycles. The minimum atomic E-state index is -3.63. The summed E-state index contributed by atoms with van der Waals surface area (Å²) in [4.78, 5) is 13.2. The molecule has 1 saturated heterocycles. The Bertz CT molecular complexity index is 953. The quantitative estimate of drug-likeness (QED) is 0.583. The molecule has 0 aromatic heterocycles. The Kier molecular flexibility index (Phi) is 6.05. The molecule has 0 spiro atoms. The van der Waals surface area contributed by atoms with Crippen LogP contribution in [-0.2, 0) is 16.3 Å². The number of rotatable bonds is 6. The van der Waals surface area contributed by atoms with Gasteiger partial charge >= 0.3 is 6.16 Å². The van der Waals surface area contributed by atoms with Gasteiger partial charge in [-0.2, -0.15) is 0 Å². The van der Waals surface area contributed by atoms with E-state index in [4.69, 9.17) is 5.11 Å². The number of hydrogen-bond acceptors (Lipinski definition) is 5. The maximum absolute atomic E-state index is 12.0. The van der Waals surface area contributed by atoms with Crippen LogP contribution in [0.4, 0.5) is 4.79 Å². The minimum Gasteiger partial charge on any atom is -0.449 e. The predicted octanol–water partition coefficient (Wildman–Crippen LogP) is 3.84. The van der Waals surface area contributed by atoms with Crippen molar-refractivity contribution in [1.82, 2.24) is 4.90 Å². The van der Waals surface area contributed by atoms with Gasteiger partial charge in [-0.1, -0.05) is 30.3 Å². The summed E-state index contributed by atoms with van der Waals surface area (Å²) in [6, 6.07) is 13.2. The molecule has 0 radical (unpaired) electrons. The first-order chi connectivity index (χ1) is 13.2. The summed E-state index contributed by atoms with van der Waals surface area (Å²) in [6.07, 6.45) is 3.00.